The fraction of sp³-hybridized carbons (Fsp3) is 0.364. The molecule has 0 radical (unpaired) electrons. The largest absolute Gasteiger partial charge is 0.480 e. The van der Waals surface area contributed by atoms with Crippen LogP contribution in [0.2, 0.25) is 0 Å². The Kier molecular flexibility index (Phi) is 3.47. The Balaban J connectivity index is 3.12. The topological polar surface area (TPSA) is 63.3 Å². The van der Waals surface area contributed by atoms with E-state index in [1.165, 1.54) is 25.1 Å². The molecule has 0 aliphatic carbocycles. The van der Waals surface area contributed by atoms with Gasteiger partial charge in [-0.1, -0.05) is 18.2 Å². The predicted octanol–water partition coefficient (Wildman–Crippen LogP) is 2.05. The molecule has 0 bridgehead atoms. The van der Waals surface area contributed by atoms with Crippen LogP contribution in [0.25, 0.3) is 0 Å². The van der Waals surface area contributed by atoms with Gasteiger partial charge in [0.15, 0.2) is 0 Å². The SMILES string of the molecule is C[C@](N)(Cc1ccccc1C(F)(F)F)C(=O)O. The molecule has 0 saturated carbocycles. The van der Waals surface area contributed by atoms with Gasteiger partial charge < -0.3 is 10.8 Å². The van der Waals surface area contributed by atoms with Crippen molar-refractivity contribution in [2.45, 2.75) is 25.1 Å². The van der Waals surface area contributed by atoms with Gasteiger partial charge in [0.2, 0.25) is 0 Å². The van der Waals surface area contributed by atoms with Gasteiger partial charge in [0, 0.05) is 6.42 Å². The molecule has 0 aromatic heterocycles. The van der Waals surface area contributed by atoms with Crippen molar-refractivity contribution in [3.05, 3.63) is 35.4 Å². The lowest BCUT2D eigenvalue weighted by molar-refractivity contribution is -0.144. The molecular weight excluding hydrogens is 235 g/mol. The van der Waals surface area contributed by atoms with Crippen molar-refractivity contribution >= 4 is 5.97 Å². The van der Waals surface area contributed by atoms with Crippen LogP contribution in [-0.2, 0) is 17.4 Å². The number of hydrogen-bond donors (Lipinski definition) is 2. The number of carbonyl (C=O) groups is 1. The van der Waals surface area contributed by atoms with Crippen molar-refractivity contribution in [2.75, 3.05) is 0 Å². The molecule has 0 heterocycles. The van der Waals surface area contributed by atoms with Gasteiger partial charge in [-0.05, 0) is 18.6 Å². The van der Waals surface area contributed by atoms with Crippen LogP contribution in [0, 0.1) is 0 Å². The molecule has 6 heteroatoms. The maximum Gasteiger partial charge on any atom is 0.416 e. The van der Waals surface area contributed by atoms with Crippen LogP contribution >= 0.6 is 0 Å². The molecule has 17 heavy (non-hydrogen) atoms. The Morgan fingerprint density at radius 1 is 1.35 bits per heavy atom. The van der Waals surface area contributed by atoms with Crippen molar-refractivity contribution < 1.29 is 23.1 Å². The summed E-state index contributed by atoms with van der Waals surface area (Å²) in [5.41, 5.74) is 2.75. The summed E-state index contributed by atoms with van der Waals surface area (Å²) in [5, 5.41) is 8.79. The zero-order chi connectivity index (χ0) is 13.3. The number of nitrogens with two attached hydrogens (primary N) is 1. The Morgan fingerprint density at radius 2 is 1.88 bits per heavy atom. The van der Waals surface area contributed by atoms with Crippen molar-refractivity contribution in [3.63, 3.8) is 0 Å². The second-order valence-corrected chi connectivity index (χ2v) is 4.05. The van der Waals surface area contributed by atoms with Crippen molar-refractivity contribution in [1.29, 1.82) is 0 Å². The fourth-order valence-electron chi connectivity index (χ4n) is 1.42. The Labute approximate surface area is 96.0 Å². The molecule has 0 spiro atoms. The van der Waals surface area contributed by atoms with Gasteiger partial charge in [-0.3, -0.25) is 4.79 Å². The molecule has 1 atom stereocenters. The highest BCUT2D eigenvalue weighted by Crippen LogP contribution is 2.33. The summed E-state index contributed by atoms with van der Waals surface area (Å²) >= 11 is 0. The lowest BCUT2D eigenvalue weighted by Crippen LogP contribution is -2.47. The van der Waals surface area contributed by atoms with E-state index >= 15 is 0 Å². The van der Waals surface area contributed by atoms with Crippen LogP contribution in [0.15, 0.2) is 24.3 Å². The first-order valence-corrected chi connectivity index (χ1v) is 4.82. The lowest BCUT2D eigenvalue weighted by atomic mass is 9.91. The molecule has 0 aliphatic rings. The zero-order valence-corrected chi connectivity index (χ0v) is 9.08. The minimum atomic E-state index is -4.51. The highest BCUT2D eigenvalue weighted by Gasteiger charge is 2.36. The molecule has 3 nitrogen and oxygen atoms in total. The quantitative estimate of drug-likeness (QED) is 0.859. The maximum absolute atomic E-state index is 12.6. The summed E-state index contributed by atoms with van der Waals surface area (Å²) in [6, 6.07) is 4.81. The maximum atomic E-state index is 12.6. The summed E-state index contributed by atoms with van der Waals surface area (Å²) in [5.74, 6) is -1.34. The predicted molar refractivity (Wildman–Crippen MR) is 55.4 cm³/mol. The van der Waals surface area contributed by atoms with Crippen LogP contribution < -0.4 is 5.73 Å². The van der Waals surface area contributed by atoms with Gasteiger partial charge in [-0.25, -0.2) is 0 Å². The minimum absolute atomic E-state index is 0.118. The minimum Gasteiger partial charge on any atom is -0.480 e. The molecule has 1 aromatic rings. The molecule has 0 fully saturated rings. The number of carboxylic acid groups (broad SMARTS) is 1. The van der Waals surface area contributed by atoms with Gasteiger partial charge in [-0.15, -0.1) is 0 Å². The number of halogens is 3. The van der Waals surface area contributed by atoms with Gasteiger partial charge in [0.25, 0.3) is 0 Å². The first-order valence-electron chi connectivity index (χ1n) is 4.82. The highest BCUT2D eigenvalue weighted by molar-refractivity contribution is 5.78. The molecular formula is C11H12F3NO2. The van der Waals surface area contributed by atoms with E-state index in [0.29, 0.717) is 0 Å². The van der Waals surface area contributed by atoms with Crippen LogP contribution in [0.1, 0.15) is 18.1 Å². The molecule has 1 rings (SSSR count). The van der Waals surface area contributed by atoms with Crippen LogP contribution in [0.4, 0.5) is 13.2 Å². The van der Waals surface area contributed by atoms with E-state index < -0.39 is 23.2 Å². The molecule has 0 amide bonds. The van der Waals surface area contributed by atoms with Crippen molar-refractivity contribution in [3.8, 4) is 0 Å². The molecule has 1 aromatic carbocycles. The lowest BCUT2D eigenvalue weighted by Gasteiger charge is -2.21. The van der Waals surface area contributed by atoms with Crippen LogP contribution in [-0.4, -0.2) is 16.6 Å². The van der Waals surface area contributed by atoms with E-state index in [-0.39, 0.29) is 12.0 Å². The van der Waals surface area contributed by atoms with E-state index in [4.69, 9.17) is 10.8 Å². The molecule has 94 valence electrons. The summed E-state index contributed by atoms with van der Waals surface area (Å²) in [6.07, 6.45) is -4.89. The third-order valence-electron chi connectivity index (χ3n) is 2.37. The zero-order valence-electron chi connectivity index (χ0n) is 9.08. The normalized spacial score (nSPS) is 15.4. The number of aliphatic carboxylic acids is 1. The third-order valence-corrected chi connectivity index (χ3v) is 2.37. The van der Waals surface area contributed by atoms with E-state index in [0.717, 1.165) is 6.07 Å². The van der Waals surface area contributed by atoms with Crippen LogP contribution in [0.3, 0.4) is 0 Å². The molecule has 0 aliphatic heterocycles. The number of alkyl halides is 3. The molecule has 0 unspecified atom stereocenters. The average molecular weight is 247 g/mol. The van der Waals surface area contributed by atoms with Crippen LogP contribution in [0.5, 0.6) is 0 Å². The second-order valence-electron chi connectivity index (χ2n) is 4.05. The monoisotopic (exact) mass is 247 g/mol. The Hall–Kier alpha value is -1.56. The highest BCUT2D eigenvalue weighted by atomic mass is 19.4. The number of rotatable bonds is 3. The van der Waals surface area contributed by atoms with E-state index in [9.17, 15) is 18.0 Å². The number of carboxylic acids is 1. The van der Waals surface area contributed by atoms with E-state index in [1.807, 2.05) is 0 Å². The summed E-state index contributed by atoms with van der Waals surface area (Å²) < 4.78 is 37.9. The Morgan fingerprint density at radius 3 is 2.35 bits per heavy atom. The van der Waals surface area contributed by atoms with Crippen molar-refractivity contribution in [2.24, 2.45) is 5.73 Å². The number of benzene rings is 1. The standard InChI is InChI=1S/C11H12F3NO2/c1-10(15,9(16)17)6-7-4-2-3-5-8(7)11(12,13)14/h2-5H,6,15H2,1H3,(H,16,17)/t10-/m0/s1. The van der Waals surface area contributed by atoms with Gasteiger partial charge in [0.05, 0.1) is 5.56 Å². The van der Waals surface area contributed by atoms with Gasteiger partial charge in [-0.2, -0.15) is 13.2 Å². The molecule has 0 saturated heterocycles. The Bertz CT molecular complexity index is 427. The smallest absolute Gasteiger partial charge is 0.416 e. The fourth-order valence-corrected chi connectivity index (χ4v) is 1.42. The number of hydrogen-bond acceptors (Lipinski definition) is 2. The summed E-state index contributed by atoms with van der Waals surface area (Å²) in [6.45, 7) is 1.18. The first kappa shape index (κ1) is 13.5. The average Bonchev–Trinajstić information content (AvgIpc) is 2.15. The van der Waals surface area contributed by atoms with Crippen molar-refractivity contribution in [1.82, 2.24) is 0 Å². The second kappa shape index (κ2) is 4.37. The van der Waals surface area contributed by atoms with Gasteiger partial charge in [0.1, 0.15) is 5.54 Å². The summed E-state index contributed by atoms with van der Waals surface area (Å²) in [7, 11) is 0. The van der Waals surface area contributed by atoms with Gasteiger partial charge >= 0.3 is 12.1 Å². The third kappa shape index (κ3) is 3.20. The molecule has 3 N–H and O–H groups in total. The van der Waals surface area contributed by atoms with E-state index in [1.54, 1.807) is 0 Å². The first-order chi connectivity index (χ1) is 7.64. The summed E-state index contributed by atoms with van der Waals surface area (Å²) in [4.78, 5) is 10.8. The van der Waals surface area contributed by atoms with E-state index in [2.05, 4.69) is 0 Å².